The largest absolute Gasteiger partial charge is 0.309 e. The van der Waals surface area contributed by atoms with Crippen LogP contribution in [0.4, 0.5) is 17.1 Å². The molecular formula is C34H23N. The zero-order chi connectivity index (χ0) is 22.7. The molecule has 0 unspecified atom stereocenters. The predicted octanol–water partition coefficient (Wildman–Crippen LogP) is 8.11. The Morgan fingerprint density at radius 3 is 1.89 bits per heavy atom. The summed E-state index contributed by atoms with van der Waals surface area (Å²) in [5, 5.41) is 0. The van der Waals surface area contributed by atoms with Gasteiger partial charge in [-0.15, -0.1) is 0 Å². The maximum absolute atomic E-state index is 2.56. The zero-order valence-electron chi connectivity index (χ0n) is 19.4. The third kappa shape index (κ3) is 2.24. The number of anilines is 3. The smallest absolute Gasteiger partial charge is 0.0539 e. The molecule has 164 valence electrons. The van der Waals surface area contributed by atoms with Gasteiger partial charge in [0.15, 0.2) is 0 Å². The summed E-state index contributed by atoms with van der Waals surface area (Å²) in [7, 11) is 0. The van der Waals surface area contributed by atoms with Crippen LogP contribution in [0.5, 0.6) is 0 Å². The molecule has 1 nitrogen and oxygen atoms in total. The first-order valence-electron chi connectivity index (χ1n) is 12.7. The van der Waals surface area contributed by atoms with E-state index in [4.69, 9.17) is 0 Å². The van der Waals surface area contributed by atoms with Crippen molar-refractivity contribution in [3.05, 3.63) is 136 Å². The number of benzene rings is 5. The molecule has 2 aliphatic carbocycles. The van der Waals surface area contributed by atoms with Crippen LogP contribution in [0.25, 0.3) is 22.3 Å². The molecule has 0 saturated heterocycles. The lowest BCUT2D eigenvalue weighted by Gasteiger charge is -2.40. The number of para-hydroxylation sites is 2. The molecule has 0 fully saturated rings. The van der Waals surface area contributed by atoms with Crippen LogP contribution in [-0.2, 0) is 25.7 Å². The van der Waals surface area contributed by atoms with Crippen LogP contribution in [0, 0.1) is 0 Å². The fourth-order valence-corrected chi connectivity index (χ4v) is 7.35. The van der Waals surface area contributed by atoms with E-state index >= 15 is 0 Å². The second-order valence-corrected chi connectivity index (χ2v) is 10.5. The van der Waals surface area contributed by atoms with Crippen molar-refractivity contribution >= 4 is 17.1 Å². The Kier molecular flexibility index (Phi) is 3.29. The maximum atomic E-state index is 2.56. The maximum Gasteiger partial charge on any atom is 0.0539 e. The van der Waals surface area contributed by atoms with Crippen LogP contribution in [0.2, 0.25) is 0 Å². The SMILES string of the molecule is c1ccc2c(c1)Cc1ccc3c(c1-2)Cc1cc2c4c(c1-3)Cc1ccccc1N4c1ccccc1C2. The molecule has 0 atom stereocenters. The summed E-state index contributed by atoms with van der Waals surface area (Å²) >= 11 is 0. The molecule has 0 radical (unpaired) electrons. The second-order valence-electron chi connectivity index (χ2n) is 10.5. The van der Waals surface area contributed by atoms with E-state index < -0.39 is 0 Å². The Morgan fingerprint density at radius 2 is 1.06 bits per heavy atom. The van der Waals surface area contributed by atoms with Crippen molar-refractivity contribution in [2.45, 2.75) is 25.7 Å². The number of rotatable bonds is 0. The summed E-state index contributed by atoms with van der Waals surface area (Å²) in [5.41, 5.74) is 21.9. The molecule has 2 aliphatic heterocycles. The molecule has 2 heterocycles. The van der Waals surface area contributed by atoms with Gasteiger partial charge in [0.25, 0.3) is 0 Å². The van der Waals surface area contributed by atoms with Gasteiger partial charge in [-0.2, -0.15) is 0 Å². The summed E-state index contributed by atoms with van der Waals surface area (Å²) in [5.74, 6) is 0. The van der Waals surface area contributed by atoms with Crippen LogP contribution >= 0.6 is 0 Å². The van der Waals surface area contributed by atoms with Crippen molar-refractivity contribution < 1.29 is 0 Å². The highest BCUT2D eigenvalue weighted by Crippen LogP contribution is 2.56. The highest BCUT2D eigenvalue weighted by molar-refractivity contribution is 5.98. The second kappa shape index (κ2) is 6.31. The molecule has 0 aromatic heterocycles. The standard InChI is InChI=1S/C34H23N/c1-4-10-26-20(7-1)15-23-13-14-27-28(32(23)26)19-24-17-25-16-21-8-2-5-11-30(21)35-31-12-6-3-9-22(31)18-29(33(24)27)34(25)35/h1-14,17H,15-16,18-19H2. The van der Waals surface area contributed by atoms with Gasteiger partial charge in [-0.05, 0) is 91.7 Å². The van der Waals surface area contributed by atoms with Crippen LogP contribution < -0.4 is 4.90 Å². The number of fused-ring (bicyclic) bond motifs is 12. The summed E-state index contributed by atoms with van der Waals surface area (Å²) in [4.78, 5) is 2.56. The van der Waals surface area contributed by atoms with E-state index in [0.717, 1.165) is 25.7 Å². The average molecular weight is 446 g/mol. The number of hydrogen-bond donors (Lipinski definition) is 0. The van der Waals surface area contributed by atoms with E-state index in [1.165, 1.54) is 78.3 Å². The summed E-state index contributed by atoms with van der Waals surface area (Å²) in [6, 6.07) is 34.4. The van der Waals surface area contributed by atoms with Crippen LogP contribution in [0.1, 0.15) is 44.5 Å². The van der Waals surface area contributed by atoms with Crippen LogP contribution in [-0.4, -0.2) is 0 Å². The lowest BCUT2D eigenvalue weighted by molar-refractivity contribution is 1.01. The lowest BCUT2D eigenvalue weighted by atomic mass is 9.82. The van der Waals surface area contributed by atoms with Crippen molar-refractivity contribution in [3.63, 3.8) is 0 Å². The Hall–Kier alpha value is -4.10. The highest BCUT2D eigenvalue weighted by atomic mass is 15.2. The normalized spacial score (nSPS) is 14.9. The van der Waals surface area contributed by atoms with Crippen molar-refractivity contribution in [1.29, 1.82) is 0 Å². The van der Waals surface area contributed by atoms with Crippen molar-refractivity contribution in [2.24, 2.45) is 0 Å². The van der Waals surface area contributed by atoms with Crippen LogP contribution in [0.15, 0.2) is 91.0 Å². The van der Waals surface area contributed by atoms with E-state index in [-0.39, 0.29) is 0 Å². The average Bonchev–Trinajstić information content (AvgIpc) is 3.46. The topological polar surface area (TPSA) is 3.24 Å². The van der Waals surface area contributed by atoms with Gasteiger partial charge in [0, 0.05) is 24.2 Å². The van der Waals surface area contributed by atoms with Crippen molar-refractivity contribution in [1.82, 2.24) is 0 Å². The summed E-state index contributed by atoms with van der Waals surface area (Å²) in [6.45, 7) is 0. The molecule has 0 bridgehead atoms. The van der Waals surface area contributed by atoms with Gasteiger partial charge in [-0.1, -0.05) is 78.9 Å². The first kappa shape index (κ1) is 18.3. The molecule has 9 rings (SSSR count). The molecule has 0 saturated carbocycles. The van der Waals surface area contributed by atoms with Gasteiger partial charge in [0.1, 0.15) is 0 Å². The minimum absolute atomic E-state index is 1.01. The molecular weight excluding hydrogens is 422 g/mol. The van der Waals surface area contributed by atoms with Gasteiger partial charge in [0.05, 0.1) is 5.69 Å². The van der Waals surface area contributed by atoms with E-state index in [9.17, 15) is 0 Å². The Bertz CT molecular complexity index is 1740. The van der Waals surface area contributed by atoms with E-state index in [0.29, 0.717) is 0 Å². The monoisotopic (exact) mass is 445 g/mol. The minimum Gasteiger partial charge on any atom is -0.309 e. The summed E-state index contributed by atoms with van der Waals surface area (Å²) in [6.07, 6.45) is 4.13. The first-order chi connectivity index (χ1) is 17.3. The Morgan fingerprint density at radius 1 is 0.429 bits per heavy atom. The predicted molar refractivity (Wildman–Crippen MR) is 143 cm³/mol. The molecule has 5 aromatic rings. The molecule has 1 heteroatoms. The third-order valence-corrected chi connectivity index (χ3v) is 8.70. The summed E-state index contributed by atoms with van der Waals surface area (Å²) < 4.78 is 0. The van der Waals surface area contributed by atoms with Gasteiger partial charge in [-0.25, -0.2) is 0 Å². The number of hydrogen-bond acceptors (Lipinski definition) is 1. The highest BCUT2D eigenvalue weighted by Gasteiger charge is 2.37. The third-order valence-electron chi connectivity index (χ3n) is 8.70. The minimum atomic E-state index is 1.01. The molecule has 5 aromatic carbocycles. The molecule has 0 spiro atoms. The Balaban J connectivity index is 1.34. The van der Waals surface area contributed by atoms with Gasteiger partial charge >= 0.3 is 0 Å². The van der Waals surface area contributed by atoms with E-state index in [1.807, 2.05) is 0 Å². The molecule has 35 heavy (non-hydrogen) atoms. The van der Waals surface area contributed by atoms with Gasteiger partial charge < -0.3 is 4.90 Å². The van der Waals surface area contributed by atoms with Gasteiger partial charge in [0.2, 0.25) is 0 Å². The molecule has 4 aliphatic rings. The quantitative estimate of drug-likeness (QED) is 0.228. The van der Waals surface area contributed by atoms with Gasteiger partial charge in [-0.3, -0.25) is 0 Å². The van der Waals surface area contributed by atoms with E-state index in [1.54, 1.807) is 5.56 Å². The Labute approximate surface area is 205 Å². The van der Waals surface area contributed by atoms with Crippen molar-refractivity contribution in [3.8, 4) is 22.3 Å². The fraction of sp³-hybridized carbons (Fsp3) is 0.118. The van der Waals surface area contributed by atoms with Crippen LogP contribution in [0.3, 0.4) is 0 Å². The first-order valence-corrected chi connectivity index (χ1v) is 12.7. The van der Waals surface area contributed by atoms with Crippen molar-refractivity contribution in [2.75, 3.05) is 4.90 Å². The van der Waals surface area contributed by atoms with E-state index in [2.05, 4.69) is 95.9 Å². The zero-order valence-corrected chi connectivity index (χ0v) is 19.4. The molecule has 0 amide bonds. The number of nitrogens with zero attached hydrogens (tertiary/aromatic N) is 1. The molecule has 0 N–H and O–H groups in total. The fourth-order valence-electron chi connectivity index (χ4n) is 7.35. The lowest BCUT2D eigenvalue weighted by Crippen LogP contribution is -2.25.